The number of fused-ring (bicyclic) bond motifs is 1. The molecule has 18 heavy (non-hydrogen) atoms. The van der Waals surface area contributed by atoms with Crippen LogP contribution in [0.1, 0.15) is 40.7 Å². The number of aryl methyl sites for hydroxylation is 1. The van der Waals surface area contributed by atoms with Crippen molar-refractivity contribution >= 4 is 45.9 Å². The SMILES string of the molecule is CC(NC1CCc2sc(Cl)cc21)c1ccc(Cl)s1. The van der Waals surface area contributed by atoms with Crippen molar-refractivity contribution in [3.8, 4) is 0 Å². The average Bonchev–Trinajstić information content (AvgIpc) is 2.97. The zero-order valence-electron chi connectivity index (χ0n) is 9.87. The summed E-state index contributed by atoms with van der Waals surface area (Å²) in [6.07, 6.45) is 2.31. The molecular formula is C13H13Cl2NS2. The zero-order chi connectivity index (χ0) is 12.7. The molecule has 2 atom stereocenters. The largest absolute Gasteiger partial charge is 0.303 e. The smallest absolute Gasteiger partial charge is 0.0934 e. The van der Waals surface area contributed by atoms with Crippen LogP contribution >= 0.6 is 45.9 Å². The van der Waals surface area contributed by atoms with Gasteiger partial charge in [-0.1, -0.05) is 23.2 Å². The number of hydrogen-bond acceptors (Lipinski definition) is 3. The number of nitrogens with one attached hydrogen (secondary N) is 1. The maximum absolute atomic E-state index is 6.08. The van der Waals surface area contributed by atoms with E-state index in [4.69, 9.17) is 23.2 Å². The van der Waals surface area contributed by atoms with Gasteiger partial charge in [0.15, 0.2) is 0 Å². The molecule has 0 saturated carbocycles. The number of halogens is 2. The monoisotopic (exact) mass is 317 g/mol. The maximum atomic E-state index is 6.08. The summed E-state index contributed by atoms with van der Waals surface area (Å²) in [5.41, 5.74) is 1.39. The average molecular weight is 318 g/mol. The molecule has 2 aromatic heterocycles. The van der Waals surface area contributed by atoms with Gasteiger partial charge in [-0.05, 0) is 43.5 Å². The molecule has 3 rings (SSSR count). The summed E-state index contributed by atoms with van der Waals surface area (Å²) in [6, 6.07) is 6.93. The Balaban J connectivity index is 1.74. The van der Waals surface area contributed by atoms with Crippen LogP contribution in [0.5, 0.6) is 0 Å². The van der Waals surface area contributed by atoms with Gasteiger partial charge in [0.2, 0.25) is 0 Å². The van der Waals surface area contributed by atoms with E-state index in [0.717, 1.165) is 15.1 Å². The van der Waals surface area contributed by atoms with Crippen molar-refractivity contribution in [2.24, 2.45) is 0 Å². The Labute approximate surface area is 125 Å². The van der Waals surface area contributed by atoms with Gasteiger partial charge in [-0.2, -0.15) is 0 Å². The number of rotatable bonds is 3. The fraction of sp³-hybridized carbons (Fsp3) is 0.385. The van der Waals surface area contributed by atoms with Crippen LogP contribution in [0, 0.1) is 0 Å². The van der Waals surface area contributed by atoms with E-state index >= 15 is 0 Å². The van der Waals surface area contributed by atoms with Crippen molar-refractivity contribution < 1.29 is 0 Å². The first-order chi connectivity index (χ1) is 8.63. The van der Waals surface area contributed by atoms with Gasteiger partial charge < -0.3 is 5.32 Å². The summed E-state index contributed by atoms with van der Waals surface area (Å²) in [5, 5.41) is 3.68. The van der Waals surface area contributed by atoms with Crippen LogP contribution in [0.25, 0.3) is 0 Å². The molecule has 0 fully saturated rings. The van der Waals surface area contributed by atoms with Crippen molar-refractivity contribution in [2.75, 3.05) is 0 Å². The number of hydrogen-bond donors (Lipinski definition) is 1. The molecule has 96 valence electrons. The predicted octanol–water partition coefficient (Wildman–Crippen LogP) is 5.45. The highest BCUT2D eigenvalue weighted by Gasteiger charge is 2.26. The lowest BCUT2D eigenvalue weighted by Crippen LogP contribution is -2.22. The summed E-state index contributed by atoms with van der Waals surface area (Å²) < 4.78 is 1.75. The van der Waals surface area contributed by atoms with Crippen LogP contribution in [-0.4, -0.2) is 0 Å². The summed E-state index contributed by atoms with van der Waals surface area (Å²) >= 11 is 15.4. The van der Waals surface area contributed by atoms with Gasteiger partial charge in [-0.15, -0.1) is 22.7 Å². The third-order valence-corrected chi connectivity index (χ3v) is 6.07. The molecule has 5 heteroatoms. The molecular weight excluding hydrogens is 305 g/mol. The lowest BCUT2D eigenvalue weighted by Gasteiger charge is -2.18. The van der Waals surface area contributed by atoms with E-state index in [9.17, 15) is 0 Å². The van der Waals surface area contributed by atoms with Crippen LogP contribution < -0.4 is 5.32 Å². The minimum Gasteiger partial charge on any atom is -0.303 e. The molecule has 0 saturated heterocycles. The molecule has 1 aliphatic rings. The van der Waals surface area contributed by atoms with E-state index in [-0.39, 0.29) is 0 Å². The van der Waals surface area contributed by atoms with Crippen molar-refractivity contribution in [3.63, 3.8) is 0 Å². The molecule has 0 spiro atoms. The Morgan fingerprint density at radius 3 is 2.83 bits per heavy atom. The Bertz CT molecular complexity index is 561. The molecule has 2 aromatic rings. The fourth-order valence-corrected chi connectivity index (χ4v) is 4.88. The molecule has 1 nitrogen and oxygen atoms in total. The fourth-order valence-electron chi connectivity index (χ4n) is 2.45. The van der Waals surface area contributed by atoms with Gasteiger partial charge in [0.25, 0.3) is 0 Å². The van der Waals surface area contributed by atoms with Crippen LogP contribution in [0.15, 0.2) is 18.2 Å². The van der Waals surface area contributed by atoms with Crippen molar-refractivity contribution in [2.45, 2.75) is 31.8 Å². The summed E-state index contributed by atoms with van der Waals surface area (Å²) in [4.78, 5) is 2.73. The molecule has 2 unspecified atom stereocenters. The minimum absolute atomic E-state index is 0.331. The lowest BCUT2D eigenvalue weighted by molar-refractivity contribution is 0.469. The molecule has 0 aliphatic heterocycles. The summed E-state index contributed by atoms with van der Waals surface area (Å²) in [5.74, 6) is 0. The van der Waals surface area contributed by atoms with Crippen molar-refractivity contribution in [1.82, 2.24) is 5.32 Å². The van der Waals surface area contributed by atoms with Gasteiger partial charge >= 0.3 is 0 Å². The summed E-state index contributed by atoms with van der Waals surface area (Å²) in [7, 11) is 0. The van der Waals surface area contributed by atoms with E-state index in [1.165, 1.54) is 21.7 Å². The van der Waals surface area contributed by atoms with E-state index < -0.39 is 0 Å². The van der Waals surface area contributed by atoms with Crippen molar-refractivity contribution in [1.29, 1.82) is 0 Å². The number of thiophene rings is 2. The topological polar surface area (TPSA) is 12.0 Å². The van der Waals surface area contributed by atoms with E-state index in [0.29, 0.717) is 12.1 Å². The Kier molecular flexibility index (Phi) is 3.70. The Morgan fingerprint density at radius 1 is 1.28 bits per heavy atom. The van der Waals surface area contributed by atoms with E-state index in [1.807, 2.05) is 6.07 Å². The molecule has 2 heterocycles. The molecule has 0 amide bonds. The second-order valence-electron chi connectivity index (χ2n) is 4.55. The quantitative estimate of drug-likeness (QED) is 0.793. The maximum Gasteiger partial charge on any atom is 0.0934 e. The normalized spacial score (nSPS) is 20.1. The molecule has 1 N–H and O–H groups in total. The lowest BCUT2D eigenvalue weighted by atomic mass is 10.1. The first-order valence-electron chi connectivity index (χ1n) is 5.93. The second kappa shape index (κ2) is 5.14. The highest BCUT2D eigenvalue weighted by Crippen LogP contribution is 2.40. The van der Waals surface area contributed by atoms with Gasteiger partial charge in [-0.25, -0.2) is 0 Å². The van der Waals surface area contributed by atoms with Crippen LogP contribution in [0.2, 0.25) is 8.67 Å². The predicted molar refractivity (Wildman–Crippen MR) is 81.3 cm³/mol. The highest BCUT2D eigenvalue weighted by molar-refractivity contribution is 7.16. The first-order valence-corrected chi connectivity index (χ1v) is 8.32. The van der Waals surface area contributed by atoms with Crippen LogP contribution in [0.3, 0.4) is 0 Å². The van der Waals surface area contributed by atoms with Crippen molar-refractivity contribution in [3.05, 3.63) is 42.2 Å². The van der Waals surface area contributed by atoms with E-state index in [2.05, 4.69) is 24.4 Å². The van der Waals surface area contributed by atoms with Gasteiger partial charge in [-0.3, -0.25) is 0 Å². The third-order valence-electron chi connectivity index (χ3n) is 3.32. The summed E-state index contributed by atoms with van der Waals surface area (Å²) in [6.45, 7) is 2.19. The first kappa shape index (κ1) is 12.9. The van der Waals surface area contributed by atoms with Crippen LogP contribution in [0.4, 0.5) is 0 Å². The molecule has 0 radical (unpaired) electrons. The minimum atomic E-state index is 0.331. The molecule has 0 bridgehead atoms. The second-order valence-corrected chi connectivity index (χ2v) is 8.07. The van der Waals surface area contributed by atoms with Crippen LogP contribution in [-0.2, 0) is 6.42 Å². The highest BCUT2D eigenvalue weighted by atomic mass is 35.5. The Morgan fingerprint density at radius 2 is 2.11 bits per heavy atom. The van der Waals surface area contributed by atoms with Gasteiger partial charge in [0.1, 0.15) is 0 Å². The third kappa shape index (κ3) is 2.47. The molecule has 1 aliphatic carbocycles. The standard InChI is InChI=1S/C13H13Cl2NS2/c1-7(10-4-5-12(14)17-10)16-9-2-3-11-8(9)6-13(15)18-11/h4-7,9,16H,2-3H2,1H3. The van der Waals surface area contributed by atoms with Gasteiger partial charge in [0.05, 0.1) is 8.67 Å². The molecule has 0 aromatic carbocycles. The Hall–Kier alpha value is -0.0600. The zero-order valence-corrected chi connectivity index (χ0v) is 13.0. The van der Waals surface area contributed by atoms with E-state index in [1.54, 1.807) is 22.7 Å². The van der Waals surface area contributed by atoms with Gasteiger partial charge in [0, 0.05) is 21.8 Å².